The molecule has 0 saturated heterocycles. The van der Waals surface area contributed by atoms with Gasteiger partial charge in [-0.05, 0) is 17.9 Å². The molecule has 112 valence electrons. The zero-order valence-corrected chi connectivity index (χ0v) is 14.0. The SMILES string of the molecule is CCSC(N(C)C(=O)Nc1ccccc1F)C(Cl)(Cl)Cl. The predicted molar refractivity (Wildman–Crippen MR) is 85.4 cm³/mol. The van der Waals surface area contributed by atoms with Gasteiger partial charge in [-0.15, -0.1) is 11.8 Å². The van der Waals surface area contributed by atoms with Gasteiger partial charge >= 0.3 is 6.03 Å². The van der Waals surface area contributed by atoms with Crippen molar-refractivity contribution in [2.75, 3.05) is 18.1 Å². The maximum absolute atomic E-state index is 13.5. The molecule has 0 aromatic heterocycles. The van der Waals surface area contributed by atoms with Gasteiger partial charge in [0.25, 0.3) is 0 Å². The number of nitrogens with one attached hydrogen (secondary N) is 1. The molecule has 0 fully saturated rings. The number of amides is 2. The summed E-state index contributed by atoms with van der Waals surface area (Å²) in [5.41, 5.74) is 0.0777. The molecule has 20 heavy (non-hydrogen) atoms. The Morgan fingerprint density at radius 3 is 2.55 bits per heavy atom. The van der Waals surface area contributed by atoms with Crippen LogP contribution < -0.4 is 5.32 Å². The van der Waals surface area contributed by atoms with Crippen molar-refractivity contribution in [3.63, 3.8) is 0 Å². The molecule has 0 spiro atoms. The highest BCUT2D eigenvalue weighted by molar-refractivity contribution is 8.00. The normalized spacial score (nSPS) is 12.9. The lowest BCUT2D eigenvalue weighted by atomic mass is 10.3. The van der Waals surface area contributed by atoms with Crippen LogP contribution in [0.5, 0.6) is 0 Å². The molecule has 1 N–H and O–H groups in total. The van der Waals surface area contributed by atoms with Crippen LogP contribution in [0.4, 0.5) is 14.9 Å². The second kappa shape index (κ2) is 7.59. The van der Waals surface area contributed by atoms with Gasteiger partial charge in [-0.25, -0.2) is 9.18 Å². The summed E-state index contributed by atoms with van der Waals surface area (Å²) in [5, 5.41) is 1.77. The smallest absolute Gasteiger partial charge is 0.311 e. The average Bonchev–Trinajstić information content (AvgIpc) is 2.36. The maximum Gasteiger partial charge on any atom is 0.322 e. The molecule has 0 aliphatic carbocycles. The van der Waals surface area contributed by atoms with Crippen molar-refractivity contribution in [3.8, 4) is 0 Å². The number of para-hydroxylation sites is 1. The first-order valence-electron chi connectivity index (χ1n) is 5.74. The molecule has 1 atom stereocenters. The number of benzene rings is 1. The Hall–Kier alpha value is -0.360. The molecule has 0 heterocycles. The number of anilines is 1. The van der Waals surface area contributed by atoms with E-state index in [1.165, 1.54) is 41.9 Å². The molecule has 1 rings (SSSR count). The van der Waals surface area contributed by atoms with Crippen molar-refractivity contribution in [1.82, 2.24) is 4.90 Å². The number of hydrogen-bond acceptors (Lipinski definition) is 2. The second-order valence-corrected chi connectivity index (χ2v) is 7.60. The van der Waals surface area contributed by atoms with Crippen molar-refractivity contribution in [2.24, 2.45) is 0 Å². The van der Waals surface area contributed by atoms with E-state index in [0.717, 1.165) is 0 Å². The highest BCUT2D eigenvalue weighted by Crippen LogP contribution is 2.39. The van der Waals surface area contributed by atoms with Gasteiger partial charge in [0.05, 0.1) is 5.69 Å². The highest BCUT2D eigenvalue weighted by Gasteiger charge is 2.38. The Morgan fingerprint density at radius 2 is 2.05 bits per heavy atom. The van der Waals surface area contributed by atoms with Gasteiger partial charge in [0.15, 0.2) is 0 Å². The lowest BCUT2D eigenvalue weighted by Gasteiger charge is -2.32. The van der Waals surface area contributed by atoms with Crippen LogP contribution in [0.25, 0.3) is 0 Å². The lowest BCUT2D eigenvalue weighted by molar-refractivity contribution is 0.219. The van der Waals surface area contributed by atoms with Crippen LogP contribution in [0.15, 0.2) is 24.3 Å². The molecule has 0 bridgehead atoms. The molecule has 8 heteroatoms. The summed E-state index contributed by atoms with van der Waals surface area (Å²) < 4.78 is 11.8. The first kappa shape index (κ1) is 17.7. The molecule has 1 aromatic carbocycles. The monoisotopic (exact) mass is 358 g/mol. The summed E-state index contributed by atoms with van der Waals surface area (Å²) in [4.78, 5) is 13.3. The number of hydrogen-bond donors (Lipinski definition) is 1. The summed E-state index contributed by atoms with van der Waals surface area (Å²) in [6.07, 6.45) is 0. The molecule has 2 amide bonds. The zero-order chi connectivity index (χ0) is 15.3. The first-order valence-corrected chi connectivity index (χ1v) is 7.92. The van der Waals surface area contributed by atoms with E-state index in [1.54, 1.807) is 6.07 Å². The van der Waals surface area contributed by atoms with Crippen molar-refractivity contribution in [2.45, 2.75) is 16.1 Å². The van der Waals surface area contributed by atoms with Crippen LogP contribution >= 0.6 is 46.6 Å². The highest BCUT2D eigenvalue weighted by atomic mass is 35.6. The third kappa shape index (κ3) is 4.88. The Morgan fingerprint density at radius 1 is 1.45 bits per heavy atom. The minimum Gasteiger partial charge on any atom is -0.311 e. The molecule has 0 radical (unpaired) electrons. The van der Waals surface area contributed by atoms with Gasteiger partial charge in [0.1, 0.15) is 11.2 Å². The number of rotatable bonds is 4. The number of alkyl halides is 3. The third-order valence-electron chi connectivity index (χ3n) is 2.39. The minimum absolute atomic E-state index is 0.0777. The van der Waals surface area contributed by atoms with Gasteiger partial charge in [0.2, 0.25) is 3.79 Å². The Balaban J connectivity index is 2.82. The number of urea groups is 1. The number of carbonyl (C=O) groups is 1. The largest absolute Gasteiger partial charge is 0.322 e. The minimum atomic E-state index is -1.64. The zero-order valence-electron chi connectivity index (χ0n) is 10.9. The third-order valence-corrected chi connectivity index (χ3v) is 4.72. The molecule has 1 aromatic rings. The molecule has 0 aliphatic heterocycles. The summed E-state index contributed by atoms with van der Waals surface area (Å²) >= 11 is 18.9. The van der Waals surface area contributed by atoms with E-state index in [0.29, 0.717) is 5.75 Å². The van der Waals surface area contributed by atoms with Crippen LogP contribution in [0, 0.1) is 5.82 Å². The standard InChI is InChI=1S/C12H14Cl3FN2OS/c1-3-20-10(12(13,14)15)18(2)11(19)17-9-7-5-4-6-8(9)16/h4-7,10H,3H2,1-2H3,(H,17,19). The fourth-order valence-corrected chi connectivity index (χ4v) is 3.29. The summed E-state index contributed by atoms with van der Waals surface area (Å²) in [5.74, 6) is 0.137. The van der Waals surface area contributed by atoms with E-state index in [1.807, 2.05) is 6.92 Å². The van der Waals surface area contributed by atoms with Crippen LogP contribution in [0.1, 0.15) is 6.92 Å². The van der Waals surface area contributed by atoms with Crippen molar-refractivity contribution in [1.29, 1.82) is 0 Å². The Bertz CT molecular complexity index is 470. The second-order valence-electron chi connectivity index (χ2n) is 3.87. The molecule has 0 saturated carbocycles. The van der Waals surface area contributed by atoms with Gasteiger partial charge in [-0.1, -0.05) is 53.9 Å². The van der Waals surface area contributed by atoms with E-state index in [-0.39, 0.29) is 5.69 Å². The van der Waals surface area contributed by atoms with Gasteiger partial charge < -0.3 is 10.2 Å². The van der Waals surface area contributed by atoms with Crippen molar-refractivity contribution >= 4 is 58.3 Å². The van der Waals surface area contributed by atoms with Crippen LogP contribution in [-0.2, 0) is 0 Å². The average molecular weight is 360 g/mol. The predicted octanol–water partition coefficient (Wildman–Crippen LogP) is 4.74. The number of halogens is 4. The van der Waals surface area contributed by atoms with Crippen LogP contribution in [0.3, 0.4) is 0 Å². The quantitative estimate of drug-likeness (QED) is 0.622. The summed E-state index contributed by atoms with van der Waals surface area (Å²) in [6.45, 7) is 1.89. The first-order chi connectivity index (χ1) is 9.27. The van der Waals surface area contributed by atoms with E-state index in [4.69, 9.17) is 34.8 Å². The summed E-state index contributed by atoms with van der Waals surface area (Å²) in [7, 11) is 1.49. The van der Waals surface area contributed by atoms with E-state index in [9.17, 15) is 9.18 Å². The lowest BCUT2D eigenvalue weighted by Crippen LogP contribution is -2.45. The molecule has 3 nitrogen and oxygen atoms in total. The van der Waals surface area contributed by atoms with Gasteiger partial charge in [0, 0.05) is 7.05 Å². The summed E-state index contributed by atoms with van der Waals surface area (Å²) in [6, 6.07) is 5.31. The van der Waals surface area contributed by atoms with Crippen molar-refractivity contribution < 1.29 is 9.18 Å². The van der Waals surface area contributed by atoms with Crippen molar-refractivity contribution in [3.05, 3.63) is 30.1 Å². The van der Waals surface area contributed by atoms with Gasteiger partial charge in [-0.2, -0.15) is 0 Å². The molecule has 0 aliphatic rings. The van der Waals surface area contributed by atoms with E-state index in [2.05, 4.69) is 5.32 Å². The van der Waals surface area contributed by atoms with Crippen LogP contribution in [0.2, 0.25) is 0 Å². The molecule has 1 unspecified atom stereocenters. The topological polar surface area (TPSA) is 32.3 Å². The van der Waals surface area contributed by atoms with E-state index >= 15 is 0 Å². The Labute approximate surface area is 136 Å². The van der Waals surface area contributed by atoms with E-state index < -0.39 is 21.0 Å². The number of thioether (sulfide) groups is 1. The fraction of sp³-hybridized carbons (Fsp3) is 0.417. The van der Waals surface area contributed by atoms with Gasteiger partial charge in [-0.3, -0.25) is 0 Å². The number of nitrogens with zero attached hydrogens (tertiary/aromatic N) is 1. The fourth-order valence-electron chi connectivity index (χ4n) is 1.46. The Kier molecular flexibility index (Phi) is 6.72. The van der Waals surface area contributed by atoms with Crippen LogP contribution in [-0.4, -0.2) is 32.9 Å². The number of carbonyl (C=O) groups excluding carboxylic acids is 1. The molecular formula is C12H14Cl3FN2OS. The molecular weight excluding hydrogens is 346 g/mol. The maximum atomic E-state index is 13.5.